The molecule has 7 nitrogen and oxygen atoms in total. The molecule has 3 rings (SSSR count). The van der Waals surface area contributed by atoms with Gasteiger partial charge < -0.3 is 20.5 Å². The number of rotatable bonds is 10. The molecule has 1 saturated carbocycles. The average Bonchev–Trinajstić information content (AvgIpc) is 3.23. The Bertz CT molecular complexity index is 934. The molecule has 1 aliphatic carbocycles. The van der Waals surface area contributed by atoms with Crippen LogP contribution in [0.4, 0.5) is 0 Å². The van der Waals surface area contributed by atoms with Gasteiger partial charge >= 0.3 is 11.9 Å². The van der Waals surface area contributed by atoms with Crippen molar-refractivity contribution in [3.63, 3.8) is 0 Å². The molecule has 0 spiro atoms. The molecule has 2 aromatic rings. The number of esters is 2. The molecule has 176 valence electrons. The minimum atomic E-state index is -1.52. The SMILES string of the molecule is CCOC(=O)[C@H](CCc1ccccc1)NC(=O)C1(C(=O)OCc2ccccc2)CCCC1N. The van der Waals surface area contributed by atoms with Crippen LogP contribution >= 0.6 is 0 Å². The fraction of sp³-hybridized carbons (Fsp3) is 0.423. The summed E-state index contributed by atoms with van der Waals surface area (Å²) in [5.41, 5.74) is 6.62. The van der Waals surface area contributed by atoms with Gasteiger partial charge in [0.05, 0.1) is 6.61 Å². The first-order valence-electron chi connectivity index (χ1n) is 11.5. The van der Waals surface area contributed by atoms with Crippen LogP contribution in [0.2, 0.25) is 0 Å². The van der Waals surface area contributed by atoms with E-state index in [1.165, 1.54) is 0 Å². The molecule has 0 radical (unpaired) electrons. The quantitative estimate of drug-likeness (QED) is 0.424. The fourth-order valence-electron chi connectivity index (χ4n) is 4.25. The molecule has 2 aromatic carbocycles. The molecule has 3 atom stereocenters. The van der Waals surface area contributed by atoms with E-state index < -0.39 is 35.3 Å². The van der Waals surface area contributed by atoms with Crippen molar-refractivity contribution < 1.29 is 23.9 Å². The van der Waals surface area contributed by atoms with E-state index in [-0.39, 0.29) is 19.6 Å². The van der Waals surface area contributed by atoms with E-state index >= 15 is 0 Å². The highest BCUT2D eigenvalue weighted by molar-refractivity contribution is 6.05. The van der Waals surface area contributed by atoms with Gasteiger partial charge in [-0.3, -0.25) is 9.59 Å². The Morgan fingerprint density at radius 2 is 1.67 bits per heavy atom. The van der Waals surface area contributed by atoms with Crippen LogP contribution in [0, 0.1) is 5.41 Å². The third-order valence-corrected chi connectivity index (χ3v) is 6.14. The predicted molar refractivity (Wildman–Crippen MR) is 124 cm³/mol. The minimum absolute atomic E-state index is 0.0523. The van der Waals surface area contributed by atoms with Crippen LogP contribution in [0.25, 0.3) is 0 Å². The van der Waals surface area contributed by atoms with Crippen molar-refractivity contribution in [1.29, 1.82) is 0 Å². The number of carbonyl (C=O) groups is 3. The second-order valence-electron chi connectivity index (χ2n) is 8.33. The summed E-state index contributed by atoms with van der Waals surface area (Å²) in [5.74, 6) is -1.75. The molecule has 0 saturated heterocycles. The molecule has 0 heterocycles. The van der Waals surface area contributed by atoms with E-state index in [0.717, 1.165) is 11.1 Å². The lowest BCUT2D eigenvalue weighted by atomic mass is 9.81. The van der Waals surface area contributed by atoms with Gasteiger partial charge in [-0.15, -0.1) is 0 Å². The smallest absolute Gasteiger partial charge is 0.328 e. The Morgan fingerprint density at radius 1 is 1.03 bits per heavy atom. The number of amides is 1. The largest absolute Gasteiger partial charge is 0.464 e. The van der Waals surface area contributed by atoms with Crippen molar-refractivity contribution in [2.45, 2.75) is 57.7 Å². The van der Waals surface area contributed by atoms with Gasteiger partial charge in [0, 0.05) is 6.04 Å². The number of nitrogens with one attached hydrogen (secondary N) is 1. The lowest BCUT2D eigenvalue weighted by Gasteiger charge is -2.31. The highest BCUT2D eigenvalue weighted by atomic mass is 16.5. The summed E-state index contributed by atoms with van der Waals surface area (Å²) in [6, 6.07) is 17.4. The van der Waals surface area contributed by atoms with Crippen LogP contribution in [0.15, 0.2) is 60.7 Å². The normalized spacial score (nSPS) is 20.6. The lowest BCUT2D eigenvalue weighted by molar-refractivity contribution is -0.164. The average molecular weight is 453 g/mol. The molecule has 33 heavy (non-hydrogen) atoms. The maximum absolute atomic E-state index is 13.5. The molecule has 0 aliphatic heterocycles. The molecule has 1 aliphatic rings. The Labute approximate surface area is 194 Å². The van der Waals surface area contributed by atoms with Crippen molar-refractivity contribution in [3.8, 4) is 0 Å². The van der Waals surface area contributed by atoms with Crippen LogP contribution in [0.3, 0.4) is 0 Å². The van der Waals surface area contributed by atoms with Crippen LogP contribution < -0.4 is 11.1 Å². The predicted octanol–water partition coefficient (Wildman–Crippen LogP) is 2.91. The van der Waals surface area contributed by atoms with Gasteiger partial charge in [0.1, 0.15) is 12.6 Å². The zero-order valence-corrected chi connectivity index (χ0v) is 19.0. The maximum atomic E-state index is 13.5. The van der Waals surface area contributed by atoms with Crippen molar-refractivity contribution >= 4 is 17.8 Å². The summed E-state index contributed by atoms with van der Waals surface area (Å²) in [7, 11) is 0. The van der Waals surface area contributed by atoms with E-state index in [4.69, 9.17) is 15.2 Å². The number of ether oxygens (including phenoxy) is 2. The number of carbonyl (C=O) groups excluding carboxylic acids is 3. The van der Waals surface area contributed by atoms with E-state index in [9.17, 15) is 14.4 Å². The number of nitrogens with two attached hydrogens (primary N) is 1. The van der Waals surface area contributed by atoms with Crippen LogP contribution in [-0.4, -0.2) is 36.5 Å². The molecule has 1 amide bonds. The van der Waals surface area contributed by atoms with Crippen molar-refractivity contribution in [2.75, 3.05) is 6.61 Å². The number of hydrogen-bond donors (Lipinski definition) is 2. The Morgan fingerprint density at radius 3 is 2.24 bits per heavy atom. The summed E-state index contributed by atoms with van der Waals surface area (Å²) >= 11 is 0. The first-order valence-corrected chi connectivity index (χ1v) is 11.5. The summed E-state index contributed by atoms with van der Waals surface area (Å²) < 4.78 is 10.7. The molecule has 1 fully saturated rings. The van der Waals surface area contributed by atoms with Crippen LogP contribution in [0.1, 0.15) is 43.7 Å². The second kappa shape index (κ2) is 11.6. The van der Waals surface area contributed by atoms with Crippen molar-refractivity contribution in [2.24, 2.45) is 11.1 Å². The highest BCUT2D eigenvalue weighted by Gasteiger charge is 2.55. The summed E-state index contributed by atoms with van der Waals surface area (Å²) in [5, 5.41) is 2.77. The van der Waals surface area contributed by atoms with Gasteiger partial charge in [-0.25, -0.2) is 4.79 Å². The molecule has 0 aromatic heterocycles. The van der Waals surface area contributed by atoms with E-state index in [2.05, 4.69) is 5.32 Å². The zero-order chi connectivity index (χ0) is 23.7. The molecular formula is C26H32N2O5. The number of hydrogen-bond acceptors (Lipinski definition) is 6. The topological polar surface area (TPSA) is 108 Å². The molecule has 3 N–H and O–H groups in total. The van der Waals surface area contributed by atoms with E-state index in [1.807, 2.05) is 60.7 Å². The van der Waals surface area contributed by atoms with Crippen LogP contribution in [-0.2, 0) is 36.9 Å². The summed E-state index contributed by atoms with van der Waals surface area (Å²) in [6.07, 6.45) is 2.36. The number of benzene rings is 2. The number of aryl methyl sites for hydroxylation is 1. The Kier molecular flexibility index (Phi) is 8.60. The zero-order valence-electron chi connectivity index (χ0n) is 19.0. The van der Waals surface area contributed by atoms with Gasteiger partial charge in [-0.1, -0.05) is 67.1 Å². The first kappa shape index (κ1) is 24.5. The van der Waals surface area contributed by atoms with Gasteiger partial charge in [0.15, 0.2) is 5.41 Å². The van der Waals surface area contributed by atoms with Gasteiger partial charge in [-0.2, -0.15) is 0 Å². The van der Waals surface area contributed by atoms with Gasteiger partial charge in [0.25, 0.3) is 0 Å². The fourth-order valence-corrected chi connectivity index (χ4v) is 4.25. The molecule has 7 heteroatoms. The third kappa shape index (κ3) is 5.99. The Balaban J connectivity index is 1.74. The summed E-state index contributed by atoms with van der Waals surface area (Å²) in [4.78, 5) is 39.2. The monoisotopic (exact) mass is 452 g/mol. The maximum Gasteiger partial charge on any atom is 0.328 e. The first-order chi connectivity index (χ1) is 16.0. The van der Waals surface area contributed by atoms with Crippen LogP contribution in [0.5, 0.6) is 0 Å². The molecule has 2 unspecified atom stereocenters. The van der Waals surface area contributed by atoms with Crippen molar-refractivity contribution in [3.05, 3.63) is 71.8 Å². The molecular weight excluding hydrogens is 420 g/mol. The van der Waals surface area contributed by atoms with Gasteiger partial charge in [0.2, 0.25) is 5.91 Å². The standard InChI is InChI=1S/C26H32N2O5/c1-2-32-23(29)21(16-15-19-10-5-3-6-11-19)28-24(30)26(17-9-14-22(26)27)25(31)33-18-20-12-7-4-8-13-20/h3-8,10-13,21-22H,2,9,14-18,27H2,1H3,(H,28,30)/t21-,22?,26?/m0/s1. The van der Waals surface area contributed by atoms with Gasteiger partial charge in [-0.05, 0) is 43.7 Å². The lowest BCUT2D eigenvalue weighted by Crippen LogP contribution is -2.58. The Hall–Kier alpha value is -3.19. The molecule has 0 bridgehead atoms. The minimum Gasteiger partial charge on any atom is -0.464 e. The third-order valence-electron chi connectivity index (χ3n) is 6.14. The summed E-state index contributed by atoms with van der Waals surface area (Å²) in [6.45, 7) is 1.96. The van der Waals surface area contributed by atoms with Crippen molar-refractivity contribution in [1.82, 2.24) is 5.32 Å². The van der Waals surface area contributed by atoms with E-state index in [1.54, 1.807) is 6.92 Å². The highest BCUT2D eigenvalue weighted by Crippen LogP contribution is 2.39. The second-order valence-corrected chi connectivity index (χ2v) is 8.33. The van der Waals surface area contributed by atoms with E-state index in [0.29, 0.717) is 25.7 Å².